The van der Waals surface area contributed by atoms with E-state index in [0.29, 0.717) is 41.4 Å². The minimum Gasteiger partial charge on any atom is -0.493 e. The van der Waals surface area contributed by atoms with Gasteiger partial charge in [-0.1, -0.05) is 13.8 Å². The van der Waals surface area contributed by atoms with Gasteiger partial charge in [0.25, 0.3) is 5.91 Å². The first-order valence-electron chi connectivity index (χ1n) is 10.3. The van der Waals surface area contributed by atoms with Gasteiger partial charge in [0.2, 0.25) is 0 Å². The second-order valence-electron chi connectivity index (χ2n) is 7.16. The number of amides is 1. The number of aromatic nitrogens is 2. The maximum absolute atomic E-state index is 12.5. The normalized spacial score (nSPS) is 10.8. The van der Waals surface area contributed by atoms with Crippen molar-refractivity contribution in [2.45, 2.75) is 26.7 Å². The number of fused-ring (bicyclic) bond motifs is 1. The smallest absolute Gasteiger partial charge is 0.335 e. The highest BCUT2D eigenvalue weighted by atomic mass is 16.5. The number of nitrogens with one attached hydrogen (secondary N) is 1. The Kier molecular flexibility index (Phi) is 7.12. The second-order valence-corrected chi connectivity index (χ2v) is 7.16. The summed E-state index contributed by atoms with van der Waals surface area (Å²) in [5, 5.41) is 9.16. The lowest BCUT2D eigenvalue weighted by atomic mass is 10.2. The van der Waals surface area contributed by atoms with E-state index in [4.69, 9.17) is 14.6 Å². The van der Waals surface area contributed by atoms with Crippen molar-refractivity contribution in [3.8, 4) is 22.9 Å². The molecule has 0 aliphatic carbocycles. The van der Waals surface area contributed by atoms with Gasteiger partial charge in [-0.25, -0.2) is 9.78 Å². The molecule has 0 spiro atoms. The van der Waals surface area contributed by atoms with Crippen molar-refractivity contribution in [2.24, 2.45) is 0 Å². The van der Waals surface area contributed by atoms with Gasteiger partial charge in [-0.3, -0.25) is 4.79 Å². The number of carbonyl (C=O) groups is 2. The third kappa shape index (κ3) is 5.14. The molecule has 1 heterocycles. The van der Waals surface area contributed by atoms with Crippen molar-refractivity contribution in [3.63, 3.8) is 0 Å². The van der Waals surface area contributed by atoms with E-state index in [-0.39, 0.29) is 18.1 Å². The van der Waals surface area contributed by atoms with E-state index in [2.05, 4.69) is 9.97 Å². The number of imidazole rings is 1. The van der Waals surface area contributed by atoms with Gasteiger partial charge >= 0.3 is 5.97 Å². The van der Waals surface area contributed by atoms with E-state index in [1.54, 1.807) is 29.2 Å². The molecule has 0 aliphatic heterocycles. The summed E-state index contributed by atoms with van der Waals surface area (Å²) in [7, 11) is 1.53. The molecule has 2 N–H and O–H groups in total. The molecule has 0 atom stereocenters. The molecule has 8 heteroatoms. The molecule has 1 amide bonds. The Morgan fingerprint density at radius 2 is 1.81 bits per heavy atom. The number of carbonyl (C=O) groups excluding carboxylic acids is 1. The van der Waals surface area contributed by atoms with Gasteiger partial charge in [-0.05, 0) is 49.2 Å². The summed E-state index contributed by atoms with van der Waals surface area (Å²) in [5.41, 5.74) is 2.24. The van der Waals surface area contributed by atoms with Crippen LogP contribution in [0.5, 0.6) is 11.5 Å². The van der Waals surface area contributed by atoms with Gasteiger partial charge in [0, 0.05) is 18.7 Å². The van der Waals surface area contributed by atoms with Crippen LogP contribution in [0.15, 0.2) is 36.4 Å². The summed E-state index contributed by atoms with van der Waals surface area (Å²) in [6, 6.07) is 10.1. The summed E-state index contributed by atoms with van der Waals surface area (Å²) < 4.78 is 11.2. The Morgan fingerprint density at radius 3 is 2.45 bits per heavy atom. The average molecular weight is 425 g/mol. The largest absolute Gasteiger partial charge is 0.493 e. The quantitative estimate of drug-likeness (QED) is 0.509. The Morgan fingerprint density at radius 1 is 1.06 bits per heavy atom. The van der Waals surface area contributed by atoms with Crippen LogP contribution in [0.2, 0.25) is 0 Å². The highest BCUT2D eigenvalue weighted by Gasteiger charge is 2.15. The van der Waals surface area contributed by atoms with E-state index in [1.807, 2.05) is 19.9 Å². The lowest BCUT2D eigenvalue weighted by Gasteiger charge is -2.21. The highest BCUT2D eigenvalue weighted by molar-refractivity contribution is 5.93. The zero-order valence-electron chi connectivity index (χ0n) is 18.0. The zero-order chi connectivity index (χ0) is 22.4. The molecular formula is C23H27N3O5. The number of hydrogen-bond donors (Lipinski definition) is 2. The van der Waals surface area contributed by atoms with Gasteiger partial charge in [0.05, 0.1) is 23.7 Å². The minimum atomic E-state index is -0.993. The predicted molar refractivity (Wildman–Crippen MR) is 118 cm³/mol. The maximum Gasteiger partial charge on any atom is 0.335 e. The summed E-state index contributed by atoms with van der Waals surface area (Å²) in [6.45, 7) is 5.44. The van der Waals surface area contributed by atoms with Crippen LogP contribution in [-0.4, -0.2) is 58.7 Å². The molecular weight excluding hydrogens is 398 g/mol. The molecule has 1 aromatic heterocycles. The van der Waals surface area contributed by atoms with Crippen molar-refractivity contribution in [1.82, 2.24) is 14.9 Å². The first kappa shape index (κ1) is 22.1. The van der Waals surface area contributed by atoms with Crippen LogP contribution in [0.25, 0.3) is 22.4 Å². The third-order valence-electron chi connectivity index (χ3n) is 4.86. The number of H-pyrrole nitrogens is 1. The first-order chi connectivity index (χ1) is 15.0. The molecule has 3 aromatic rings. The molecule has 31 heavy (non-hydrogen) atoms. The van der Waals surface area contributed by atoms with Crippen molar-refractivity contribution in [2.75, 3.05) is 26.8 Å². The van der Waals surface area contributed by atoms with E-state index >= 15 is 0 Å². The maximum atomic E-state index is 12.5. The van der Waals surface area contributed by atoms with Crippen molar-refractivity contribution in [1.29, 1.82) is 0 Å². The van der Waals surface area contributed by atoms with Gasteiger partial charge in [-0.2, -0.15) is 0 Å². The number of methoxy groups -OCH3 is 1. The van der Waals surface area contributed by atoms with Crippen LogP contribution in [-0.2, 0) is 4.79 Å². The summed E-state index contributed by atoms with van der Waals surface area (Å²) in [4.78, 5) is 33.1. The summed E-state index contributed by atoms with van der Waals surface area (Å²) >= 11 is 0. The number of carboxylic acid groups (broad SMARTS) is 1. The Bertz CT molecular complexity index is 1070. The first-order valence-corrected chi connectivity index (χ1v) is 10.3. The van der Waals surface area contributed by atoms with E-state index in [0.717, 1.165) is 18.4 Å². The van der Waals surface area contributed by atoms with Crippen LogP contribution >= 0.6 is 0 Å². The standard InChI is InChI=1S/C23H27N3O5/c1-4-10-26(11-5-2)21(27)14-31-19-9-7-15(13-20(19)30-3)22-24-17-8-6-16(23(28)29)12-18(17)25-22/h6-9,12-13H,4-5,10-11,14H2,1-3H3,(H,24,25)(H,28,29). The van der Waals surface area contributed by atoms with Crippen LogP contribution in [0.4, 0.5) is 0 Å². The fraction of sp³-hybridized carbons (Fsp3) is 0.348. The number of ether oxygens (including phenoxy) is 2. The number of aromatic amines is 1. The Labute approximate surface area is 180 Å². The number of aromatic carboxylic acids is 1. The van der Waals surface area contributed by atoms with Gasteiger partial charge < -0.3 is 24.5 Å². The van der Waals surface area contributed by atoms with Crippen LogP contribution in [0, 0.1) is 0 Å². The van der Waals surface area contributed by atoms with Crippen molar-refractivity contribution < 1.29 is 24.2 Å². The minimum absolute atomic E-state index is 0.0543. The highest BCUT2D eigenvalue weighted by Crippen LogP contribution is 2.32. The number of benzene rings is 2. The fourth-order valence-electron chi connectivity index (χ4n) is 3.35. The molecule has 0 fully saturated rings. The molecule has 0 aliphatic rings. The van der Waals surface area contributed by atoms with Crippen LogP contribution < -0.4 is 9.47 Å². The topological polar surface area (TPSA) is 105 Å². The molecule has 164 valence electrons. The number of nitrogens with zero attached hydrogens (tertiary/aromatic N) is 2. The van der Waals surface area contributed by atoms with Gasteiger partial charge in [0.15, 0.2) is 18.1 Å². The van der Waals surface area contributed by atoms with Crippen molar-refractivity contribution in [3.05, 3.63) is 42.0 Å². The molecule has 3 rings (SSSR count). The third-order valence-corrected chi connectivity index (χ3v) is 4.86. The zero-order valence-corrected chi connectivity index (χ0v) is 18.0. The summed E-state index contributed by atoms with van der Waals surface area (Å²) in [6.07, 6.45) is 1.80. The predicted octanol–water partition coefficient (Wildman–Crippen LogP) is 3.96. The molecule has 0 radical (unpaired) electrons. The molecule has 0 unspecified atom stereocenters. The molecule has 0 bridgehead atoms. The lowest BCUT2D eigenvalue weighted by Crippen LogP contribution is -2.36. The van der Waals surface area contributed by atoms with Crippen molar-refractivity contribution >= 4 is 22.9 Å². The fourth-order valence-corrected chi connectivity index (χ4v) is 3.35. The number of hydrogen-bond acceptors (Lipinski definition) is 5. The van der Waals surface area contributed by atoms with Crippen LogP contribution in [0.1, 0.15) is 37.0 Å². The Balaban J connectivity index is 1.79. The molecule has 0 saturated carbocycles. The Hall–Kier alpha value is -3.55. The number of carboxylic acids is 1. The van der Waals surface area contributed by atoms with Gasteiger partial charge in [0.1, 0.15) is 5.82 Å². The molecule has 2 aromatic carbocycles. The van der Waals surface area contributed by atoms with Gasteiger partial charge in [-0.15, -0.1) is 0 Å². The van der Waals surface area contributed by atoms with E-state index < -0.39 is 5.97 Å². The lowest BCUT2D eigenvalue weighted by molar-refractivity contribution is -0.133. The van der Waals surface area contributed by atoms with E-state index in [1.165, 1.54) is 13.2 Å². The second kappa shape index (κ2) is 9.97. The van der Waals surface area contributed by atoms with E-state index in [9.17, 15) is 9.59 Å². The SMILES string of the molecule is CCCN(CCC)C(=O)COc1ccc(-c2nc3ccc(C(=O)O)cc3[nH]2)cc1OC. The number of rotatable bonds is 10. The molecule has 0 saturated heterocycles. The summed E-state index contributed by atoms with van der Waals surface area (Å²) in [5.74, 6) is 0.482. The van der Waals surface area contributed by atoms with Crippen LogP contribution in [0.3, 0.4) is 0 Å². The monoisotopic (exact) mass is 425 g/mol. The average Bonchev–Trinajstić information content (AvgIpc) is 3.20. The molecule has 8 nitrogen and oxygen atoms in total.